The van der Waals surface area contributed by atoms with E-state index >= 15 is 0 Å². The molecular weight excluding hydrogens is 90.1 g/mol. The maximum atomic E-state index is 4.81. The SMILES string of the molecule is C=CCC(C)ON. The highest BCUT2D eigenvalue weighted by Gasteiger charge is 1.91. The molecule has 0 radical (unpaired) electrons. The Bertz CT molecular complexity index is 54.0. The van der Waals surface area contributed by atoms with Gasteiger partial charge in [-0.25, -0.2) is 5.90 Å². The van der Waals surface area contributed by atoms with Gasteiger partial charge in [-0.2, -0.15) is 0 Å². The second-order valence-electron chi connectivity index (χ2n) is 1.47. The van der Waals surface area contributed by atoms with Crippen LogP contribution in [0.15, 0.2) is 12.7 Å². The maximum Gasteiger partial charge on any atom is 0.0793 e. The maximum absolute atomic E-state index is 4.81. The van der Waals surface area contributed by atoms with Crippen molar-refractivity contribution >= 4 is 0 Å². The molecule has 0 spiro atoms. The molecule has 2 N–H and O–H groups in total. The molecule has 0 aromatic carbocycles. The fourth-order valence-corrected chi connectivity index (χ4v) is 0.290. The van der Waals surface area contributed by atoms with Gasteiger partial charge in [-0.1, -0.05) is 6.08 Å². The summed E-state index contributed by atoms with van der Waals surface area (Å²) in [6.07, 6.45) is 2.70. The molecule has 0 bridgehead atoms. The fourth-order valence-electron chi connectivity index (χ4n) is 0.290. The van der Waals surface area contributed by atoms with Crippen molar-refractivity contribution in [2.45, 2.75) is 19.4 Å². The van der Waals surface area contributed by atoms with E-state index in [-0.39, 0.29) is 6.10 Å². The van der Waals surface area contributed by atoms with Crippen molar-refractivity contribution in [3.8, 4) is 0 Å². The third-order valence-electron chi connectivity index (χ3n) is 0.731. The van der Waals surface area contributed by atoms with Gasteiger partial charge in [0.1, 0.15) is 0 Å². The zero-order chi connectivity index (χ0) is 5.70. The summed E-state index contributed by atoms with van der Waals surface area (Å²) in [7, 11) is 0. The van der Waals surface area contributed by atoms with Gasteiger partial charge in [0.25, 0.3) is 0 Å². The minimum atomic E-state index is 0.109. The standard InChI is InChI=1S/C5H11NO/c1-3-4-5(2)7-6/h3,5H,1,4,6H2,2H3. The van der Waals surface area contributed by atoms with Crippen LogP contribution in [0.2, 0.25) is 0 Å². The first-order valence-electron chi connectivity index (χ1n) is 2.27. The molecule has 0 aromatic heterocycles. The van der Waals surface area contributed by atoms with Crippen molar-refractivity contribution in [2.75, 3.05) is 0 Å². The van der Waals surface area contributed by atoms with Crippen LogP contribution in [-0.4, -0.2) is 6.10 Å². The van der Waals surface area contributed by atoms with Crippen LogP contribution in [0.25, 0.3) is 0 Å². The van der Waals surface area contributed by atoms with Crippen molar-refractivity contribution < 1.29 is 4.84 Å². The third-order valence-corrected chi connectivity index (χ3v) is 0.731. The van der Waals surface area contributed by atoms with Crippen molar-refractivity contribution in [3.05, 3.63) is 12.7 Å². The molecule has 42 valence electrons. The van der Waals surface area contributed by atoms with Crippen LogP contribution >= 0.6 is 0 Å². The molecule has 0 fully saturated rings. The second kappa shape index (κ2) is 3.84. The van der Waals surface area contributed by atoms with Gasteiger partial charge in [0.2, 0.25) is 0 Å². The van der Waals surface area contributed by atoms with Gasteiger partial charge in [0.15, 0.2) is 0 Å². The predicted molar refractivity (Wildman–Crippen MR) is 29.5 cm³/mol. The Labute approximate surface area is 43.9 Å². The molecule has 0 aromatic rings. The Morgan fingerprint density at radius 2 is 2.57 bits per heavy atom. The van der Waals surface area contributed by atoms with Crippen molar-refractivity contribution in [2.24, 2.45) is 5.90 Å². The largest absolute Gasteiger partial charge is 0.301 e. The highest BCUT2D eigenvalue weighted by Crippen LogP contribution is 1.91. The lowest BCUT2D eigenvalue weighted by Gasteiger charge is -2.01. The summed E-state index contributed by atoms with van der Waals surface area (Å²) in [5, 5.41) is 0. The van der Waals surface area contributed by atoms with Crippen molar-refractivity contribution in [1.29, 1.82) is 0 Å². The summed E-state index contributed by atoms with van der Waals surface area (Å²) in [5.74, 6) is 4.81. The summed E-state index contributed by atoms with van der Waals surface area (Å²) < 4.78 is 0. The van der Waals surface area contributed by atoms with Gasteiger partial charge in [-0.3, -0.25) is 0 Å². The van der Waals surface area contributed by atoms with E-state index in [1.807, 2.05) is 6.92 Å². The average Bonchev–Trinajstić information content (AvgIpc) is 1.68. The molecule has 2 nitrogen and oxygen atoms in total. The van der Waals surface area contributed by atoms with Crippen LogP contribution < -0.4 is 5.90 Å². The Morgan fingerprint density at radius 3 is 2.71 bits per heavy atom. The van der Waals surface area contributed by atoms with E-state index in [4.69, 9.17) is 5.90 Å². The first-order valence-corrected chi connectivity index (χ1v) is 2.27. The first kappa shape index (κ1) is 6.66. The highest BCUT2D eigenvalue weighted by molar-refractivity contribution is 4.69. The topological polar surface area (TPSA) is 35.2 Å². The smallest absolute Gasteiger partial charge is 0.0793 e. The molecule has 0 aliphatic rings. The van der Waals surface area contributed by atoms with E-state index in [9.17, 15) is 0 Å². The van der Waals surface area contributed by atoms with E-state index in [0.29, 0.717) is 0 Å². The predicted octanol–water partition coefficient (Wildman–Crippen LogP) is 0.841. The number of hydrogen-bond acceptors (Lipinski definition) is 2. The Hall–Kier alpha value is -0.340. The van der Waals surface area contributed by atoms with Gasteiger partial charge < -0.3 is 4.84 Å². The second-order valence-corrected chi connectivity index (χ2v) is 1.47. The van der Waals surface area contributed by atoms with Gasteiger partial charge in [0, 0.05) is 0 Å². The molecule has 0 aliphatic heterocycles. The minimum absolute atomic E-state index is 0.109. The Morgan fingerprint density at radius 1 is 2.00 bits per heavy atom. The van der Waals surface area contributed by atoms with Crippen LogP contribution in [0, 0.1) is 0 Å². The Kier molecular flexibility index (Phi) is 3.65. The summed E-state index contributed by atoms with van der Waals surface area (Å²) in [6.45, 7) is 5.40. The number of rotatable bonds is 3. The van der Waals surface area contributed by atoms with Crippen molar-refractivity contribution in [3.63, 3.8) is 0 Å². The van der Waals surface area contributed by atoms with Crippen molar-refractivity contribution in [1.82, 2.24) is 0 Å². The number of nitrogens with two attached hydrogens (primary N) is 1. The van der Waals surface area contributed by atoms with Crippen LogP contribution in [-0.2, 0) is 4.84 Å². The molecule has 1 atom stereocenters. The molecule has 0 rings (SSSR count). The van der Waals surface area contributed by atoms with Crippen LogP contribution in [0.4, 0.5) is 0 Å². The average molecular weight is 101 g/mol. The first-order chi connectivity index (χ1) is 3.31. The molecule has 2 heteroatoms. The lowest BCUT2D eigenvalue weighted by atomic mass is 10.3. The number of hydrogen-bond donors (Lipinski definition) is 1. The van der Waals surface area contributed by atoms with Gasteiger partial charge in [0.05, 0.1) is 6.10 Å². The van der Waals surface area contributed by atoms with Gasteiger partial charge >= 0.3 is 0 Å². The molecule has 0 saturated heterocycles. The Balaban J connectivity index is 2.98. The zero-order valence-electron chi connectivity index (χ0n) is 4.55. The van der Waals surface area contributed by atoms with Gasteiger partial charge in [-0.05, 0) is 13.3 Å². The zero-order valence-corrected chi connectivity index (χ0v) is 4.55. The quantitative estimate of drug-likeness (QED) is 0.422. The molecule has 0 heterocycles. The fraction of sp³-hybridized carbons (Fsp3) is 0.600. The van der Waals surface area contributed by atoms with Gasteiger partial charge in [-0.15, -0.1) is 6.58 Å². The molecule has 0 saturated carbocycles. The minimum Gasteiger partial charge on any atom is -0.301 e. The van der Waals surface area contributed by atoms with E-state index in [1.165, 1.54) is 0 Å². The van der Waals surface area contributed by atoms with Crippen LogP contribution in [0.5, 0.6) is 0 Å². The van der Waals surface area contributed by atoms with Crippen LogP contribution in [0.1, 0.15) is 13.3 Å². The summed E-state index contributed by atoms with van der Waals surface area (Å²) in [5.41, 5.74) is 0. The van der Waals surface area contributed by atoms with Crippen LogP contribution in [0.3, 0.4) is 0 Å². The third kappa shape index (κ3) is 3.49. The molecule has 0 aliphatic carbocycles. The molecule has 1 unspecified atom stereocenters. The molecular formula is C5H11NO. The molecule has 0 amide bonds. The van der Waals surface area contributed by atoms with E-state index < -0.39 is 0 Å². The van der Waals surface area contributed by atoms with E-state index in [0.717, 1.165) is 6.42 Å². The monoisotopic (exact) mass is 101 g/mol. The van der Waals surface area contributed by atoms with E-state index in [1.54, 1.807) is 6.08 Å². The molecule has 7 heavy (non-hydrogen) atoms. The lowest BCUT2D eigenvalue weighted by molar-refractivity contribution is 0.0690. The normalized spacial score (nSPS) is 13.4. The van der Waals surface area contributed by atoms with E-state index in [2.05, 4.69) is 11.4 Å². The highest BCUT2D eigenvalue weighted by atomic mass is 16.6. The summed E-state index contributed by atoms with van der Waals surface area (Å²) in [4.78, 5) is 4.42. The summed E-state index contributed by atoms with van der Waals surface area (Å²) >= 11 is 0. The lowest BCUT2D eigenvalue weighted by Crippen LogP contribution is -2.11. The summed E-state index contributed by atoms with van der Waals surface area (Å²) in [6, 6.07) is 0.